The van der Waals surface area contributed by atoms with Gasteiger partial charge in [-0.05, 0) is 31.5 Å². The maximum atomic E-state index is 11.8. The summed E-state index contributed by atoms with van der Waals surface area (Å²) in [5.41, 5.74) is 5.95. The van der Waals surface area contributed by atoms with Crippen molar-refractivity contribution >= 4 is 0 Å². The van der Waals surface area contributed by atoms with Crippen LogP contribution in [0, 0.1) is 0 Å². The lowest BCUT2D eigenvalue weighted by molar-refractivity contribution is -0.274. The van der Waals surface area contributed by atoms with Crippen molar-refractivity contribution in [2.24, 2.45) is 5.73 Å². The van der Waals surface area contributed by atoms with Crippen molar-refractivity contribution in [1.82, 2.24) is 0 Å². The van der Waals surface area contributed by atoms with Crippen molar-refractivity contribution in [3.8, 4) is 5.75 Å². The van der Waals surface area contributed by atoms with E-state index in [0.717, 1.165) is 5.56 Å². The average molecular weight is 219 g/mol. The van der Waals surface area contributed by atoms with Crippen LogP contribution in [0.1, 0.15) is 19.4 Å². The Morgan fingerprint density at radius 2 is 1.53 bits per heavy atom. The summed E-state index contributed by atoms with van der Waals surface area (Å²) >= 11 is 0. The number of alkyl halides is 3. The van der Waals surface area contributed by atoms with Crippen molar-refractivity contribution in [2.45, 2.75) is 25.7 Å². The van der Waals surface area contributed by atoms with Gasteiger partial charge >= 0.3 is 6.36 Å². The molecule has 1 rings (SSSR count). The first kappa shape index (κ1) is 11.8. The maximum absolute atomic E-state index is 11.8. The highest BCUT2D eigenvalue weighted by Gasteiger charge is 2.31. The van der Waals surface area contributed by atoms with Gasteiger partial charge in [-0.2, -0.15) is 0 Å². The summed E-state index contributed by atoms with van der Waals surface area (Å²) in [6.45, 7) is 3.54. The van der Waals surface area contributed by atoms with E-state index >= 15 is 0 Å². The fourth-order valence-corrected chi connectivity index (χ4v) is 1.09. The third-order valence-electron chi connectivity index (χ3n) is 1.83. The Morgan fingerprint density at radius 3 is 1.87 bits per heavy atom. The topological polar surface area (TPSA) is 35.2 Å². The molecule has 84 valence electrons. The van der Waals surface area contributed by atoms with Crippen molar-refractivity contribution < 1.29 is 17.9 Å². The lowest BCUT2D eigenvalue weighted by Gasteiger charge is -2.19. The van der Waals surface area contributed by atoms with Crippen LogP contribution < -0.4 is 10.5 Å². The molecule has 0 aliphatic heterocycles. The van der Waals surface area contributed by atoms with E-state index in [1.54, 1.807) is 13.8 Å². The third-order valence-corrected chi connectivity index (χ3v) is 1.83. The summed E-state index contributed by atoms with van der Waals surface area (Å²) in [5.74, 6) is -0.240. The highest BCUT2D eigenvalue weighted by Crippen LogP contribution is 2.25. The van der Waals surface area contributed by atoms with E-state index in [-0.39, 0.29) is 5.75 Å². The van der Waals surface area contributed by atoms with Crippen LogP contribution in [0.15, 0.2) is 24.3 Å². The lowest BCUT2D eigenvalue weighted by Crippen LogP contribution is -2.28. The zero-order valence-electron chi connectivity index (χ0n) is 8.43. The van der Waals surface area contributed by atoms with Crippen LogP contribution in [0.2, 0.25) is 0 Å². The second kappa shape index (κ2) is 3.73. The van der Waals surface area contributed by atoms with E-state index in [1.807, 2.05) is 0 Å². The van der Waals surface area contributed by atoms with Crippen molar-refractivity contribution in [2.75, 3.05) is 0 Å². The molecular formula is C10H12F3NO. The quantitative estimate of drug-likeness (QED) is 0.830. The SMILES string of the molecule is CC(C)(N)c1ccc(OC(F)(F)F)cc1. The molecular weight excluding hydrogens is 207 g/mol. The molecule has 1 aromatic rings. The highest BCUT2D eigenvalue weighted by atomic mass is 19.4. The van der Waals surface area contributed by atoms with Gasteiger partial charge in [0.05, 0.1) is 0 Å². The monoisotopic (exact) mass is 219 g/mol. The van der Waals surface area contributed by atoms with Gasteiger partial charge in [0.1, 0.15) is 5.75 Å². The molecule has 0 amide bonds. The fourth-order valence-electron chi connectivity index (χ4n) is 1.09. The molecule has 0 bridgehead atoms. The van der Waals surface area contributed by atoms with E-state index in [0.29, 0.717) is 0 Å². The van der Waals surface area contributed by atoms with Gasteiger partial charge in [0.15, 0.2) is 0 Å². The lowest BCUT2D eigenvalue weighted by atomic mass is 9.96. The van der Waals surface area contributed by atoms with Gasteiger partial charge in [0, 0.05) is 5.54 Å². The van der Waals surface area contributed by atoms with Gasteiger partial charge in [-0.1, -0.05) is 12.1 Å². The molecule has 0 heterocycles. The van der Waals surface area contributed by atoms with E-state index < -0.39 is 11.9 Å². The Bertz CT molecular complexity index is 324. The summed E-state index contributed by atoms with van der Waals surface area (Å²) < 4.78 is 39.2. The molecule has 0 aromatic heterocycles. The molecule has 0 spiro atoms. The minimum absolute atomic E-state index is 0.240. The van der Waals surface area contributed by atoms with Crippen LogP contribution in [0.25, 0.3) is 0 Å². The Morgan fingerprint density at radius 1 is 1.07 bits per heavy atom. The van der Waals surface area contributed by atoms with Gasteiger partial charge < -0.3 is 10.5 Å². The van der Waals surface area contributed by atoms with Crippen LogP contribution in [0.4, 0.5) is 13.2 Å². The fraction of sp³-hybridized carbons (Fsp3) is 0.400. The Labute approximate surface area is 85.8 Å². The molecule has 0 radical (unpaired) electrons. The number of hydrogen-bond donors (Lipinski definition) is 1. The molecule has 0 aliphatic rings. The molecule has 2 nitrogen and oxygen atoms in total. The minimum Gasteiger partial charge on any atom is -0.406 e. The molecule has 0 saturated heterocycles. The van der Waals surface area contributed by atoms with E-state index in [2.05, 4.69) is 4.74 Å². The Kier molecular flexibility index (Phi) is 2.95. The van der Waals surface area contributed by atoms with E-state index in [4.69, 9.17) is 5.73 Å². The number of nitrogens with two attached hydrogens (primary N) is 1. The van der Waals surface area contributed by atoms with E-state index in [9.17, 15) is 13.2 Å². The number of ether oxygens (including phenoxy) is 1. The summed E-state index contributed by atoms with van der Waals surface area (Å²) in [7, 11) is 0. The highest BCUT2D eigenvalue weighted by molar-refractivity contribution is 5.30. The normalized spacial score (nSPS) is 12.7. The predicted molar refractivity (Wildman–Crippen MR) is 50.3 cm³/mol. The van der Waals surface area contributed by atoms with Gasteiger partial charge in [-0.25, -0.2) is 0 Å². The molecule has 0 saturated carbocycles. The maximum Gasteiger partial charge on any atom is 0.573 e. The molecule has 5 heteroatoms. The molecule has 1 aromatic carbocycles. The van der Waals surface area contributed by atoms with Gasteiger partial charge in [-0.3, -0.25) is 0 Å². The number of benzene rings is 1. The Balaban J connectivity index is 2.82. The number of halogens is 3. The standard InChI is InChI=1S/C10H12F3NO/c1-9(2,14)7-3-5-8(6-4-7)15-10(11,12)13/h3-6H,14H2,1-2H3. The molecule has 0 unspecified atom stereocenters. The zero-order chi connectivity index (χ0) is 11.7. The number of hydrogen-bond acceptors (Lipinski definition) is 2. The third kappa shape index (κ3) is 3.79. The van der Waals surface area contributed by atoms with Crippen LogP contribution in [0.3, 0.4) is 0 Å². The molecule has 2 N–H and O–H groups in total. The van der Waals surface area contributed by atoms with Crippen LogP contribution in [-0.4, -0.2) is 6.36 Å². The summed E-state index contributed by atoms with van der Waals surface area (Å²) in [5, 5.41) is 0. The van der Waals surface area contributed by atoms with Crippen molar-refractivity contribution in [3.63, 3.8) is 0 Å². The minimum atomic E-state index is -4.65. The molecule has 0 atom stereocenters. The second-order valence-electron chi connectivity index (χ2n) is 3.79. The van der Waals surface area contributed by atoms with Gasteiger partial charge in [0.2, 0.25) is 0 Å². The van der Waals surface area contributed by atoms with Gasteiger partial charge in [0.25, 0.3) is 0 Å². The molecule has 15 heavy (non-hydrogen) atoms. The molecule has 0 fully saturated rings. The summed E-state index contributed by atoms with van der Waals surface area (Å²) in [6, 6.07) is 5.52. The second-order valence-corrected chi connectivity index (χ2v) is 3.79. The van der Waals surface area contributed by atoms with Crippen LogP contribution >= 0.6 is 0 Å². The first-order valence-corrected chi connectivity index (χ1v) is 4.34. The molecule has 0 aliphatic carbocycles. The van der Waals surface area contributed by atoms with Crippen molar-refractivity contribution in [3.05, 3.63) is 29.8 Å². The summed E-state index contributed by atoms with van der Waals surface area (Å²) in [6.07, 6.45) is -4.65. The van der Waals surface area contributed by atoms with E-state index in [1.165, 1.54) is 24.3 Å². The number of rotatable bonds is 2. The first-order valence-electron chi connectivity index (χ1n) is 4.34. The predicted octanol–water partition coefficient (Wildman–Crippen LogP) is 2.78. The largest absolute Gasteiger partial charge is 0.573 e. The average Bonchev–Trinajstić information content (AvgIpc) is 2.00. The Hall–Kier alpha value is -1.23. The zero-order valence-corrected chi connectivity index (χ0v) is 8.43. The van der Waals surface area contributed by atoms with Crippen LogP contribution in [0.5, 0.6) is 5.75 Å². The van der Waals surface area contributed by atoms with Crippen LogP contribution in [-0.2, 0) is 5.54 Å². The van der Waals surface area contributed by atoms with Crippen molar-refractivity contribution in [1.29, 1.82) is 0 Å². The van der Waals surface area contributed by atoms with Gasteiger partial charge in [-0.15, -0.1) is 13.2 Å². The summed E-state index contributed by atoms with van der Waals surface area (Å²) in [4.78, 5) is 0. The smallest absolute Gasteiger partial charge is 0.406 e. The first-order chi connectivity index (χ1) is 6.68.